The molecule has 3 heterocycles. The Morgan fingerprint density at radius 3 is 2.64 bits per heavy atom. The van der Waals surface area contributed by atoms with Crippen LogP contribution in [0.4, 0.5) is 0 Å². The van der Waals surface area contributed by atoms with E-state index in [1.165, 1.54) is 55.7 Å². The molecule has 0 atom stereocenters. The van der Waals surface area contributed by atoms with E-state index in [4.69, 9.17) is 0 Å². The van der Waals surface area contributed by atoms with E-state index in [0.29, 0.717) is 0 Å². The topological polar surface area (TPSA) is 0 Å². The molecule has 0 aliphatic carbocycles. The van der Waals surface area contributed by atoms with Crippen molar-refractivity contribution in [1.82, 2.24) is 0 Å². The van der Waals surface area contributed by atoms with Crippen LogP contribution in [0, 0.1) is 0 Å². The lowest BCUT2D eigenvalue weighted by Gasteiger charge is -1.96. The number of thiophene rings is 3. The molecular weight excluding hydrogens is 392 g/mol. The van der Waals surface area contributed by atoms with Gasteiger partial charge >= 0.3 is 0 Å². The minimum atomic E-state index is 1.21. The summed E-state index contributed by atoms with van der Waals surface area (Å²) in [5, 5.41) is 2.11. The zero-order valence-corrected chi connectivity index (χ0v) is 16.6. The zero-order valence-electron chi connectivity index (χ0n) is 12.6. The standard InChI is InChI=1S/C18H19BrS3/c1-2-3-4-5-6-14-11-16-17(21-14)12-15(22-16)8-7-13-9-10-20-18(13)19/h7-12H,2-6H2,1H3/b8-7+. The van der Waals surface area contributed by atoms with E-state index in [9.17, 15) is 0 Å². The monoisotopic (exact) mass is 410 g/mol. The van der Waals surface area contributed by atoms with Crippen LogP contribution in [0.25, 0.3) is 21.6 Å². The van der Waals surface area contributed by atoms with E-state index in [0.717, 1.165) is 0 Å². The number of hydrogen-bond acceptors (Lipinski definition) is 3. The fourth-order valence-electron chi connectivity index (χ4n) is 2.43. The average Bonchev–Trinajstić information content (AvgIpc) is 3.16. The van der Waals surface area contributed by atoms with Crippen LogP contribution in [0.5, 0.6) is 0 Å². The second-order valence-electron chi connectivity index (χ2n) is 5.38. The summed E-state index contributed by atoms with van der Waals surface area (Å²) in [6.45, 7) is 2.27. The summed E-state index contributed by atoms with van der Waals surface area (Å²) >= 11 is 9.19. The molecule has 0 aromatic carbocycles. The second kappa shape index (κ2) is 7.91. The summed E-state index contributed by atoms with van der Waals surface area (Å²) in [4.78, 5) is 2.89. The molecule has 0 bridgehead atoms. The summed E-state index contributed by atoms with van der Waals surface area (Å²) in [6.07, 6.45) is 11.1. The maximum absolute atomic E-state index is 3.58. The third-order valence-electron chi connectivity index (χ3n) is 3.63. The van der Waals surface area contributed by atoms with E-state index >= 15 is 0 Å². The van der Waals surface area contributed by atoms with Gasteiger partial charge in [0.05, 0.1) is 3.79 Å². The van der Waals surface area contributed by atoms with Gasteiger partial charge < -0.3 is 0 Å². The van der Waals surface area contributed by atoms with E-state index < -0.39 is 0 Å². The minimum Gasteiger partial charge on any atom is -0.139 e. The van der Waals surface area contributed by atoms with Crippen molar-refractivity contribution in [2.24, 2.45) is 0 Å². The van der Waals surface area contributed by atoms with E-state index in [1.807, 2.05) is 22.7 Å². The third kappa shape index (κ3) is 4.10. The van der Waals surface area contributed by atoms with Crippen LogP contribution in [0.3, 0.4) is 0 Å². The molecule has 3 rings (SSSR count). The van der Waals surface area contributed by atoms with Gasteiger partial charge in [-0.1, -0.05) is 32.3 Å². The maximum Gasteiger partial charge on any atom is 0.0770 e. The van der Waals surface area contributed by atoms with Gasteiger partial charge in [0, 0.05) is 19.2 Å². The van der Waals surface area contributed by atoms with Gasteiger partial charge in [0.25, 0.3) is 0 Å². The summed E-state index contributed by atoms with van der Waals surface area (Å²) in [7, 11) is 0. The Hall–Kier alpha value is -0.420. The van der Waals surface area contributed by atoms with Gasteiger partial charge in [-0.25, -0.2) is 0 Å². The number of rotatable bonds is 7. The fraction of sp³-hybridized carbons (Fsp3) is 0.333. The van der Waals surface area contributed by atoms with Crippen LogP contribution in [-0.2, 0) is 6.42 Å². The first-order valence-electron chi connectivity index (χ1n) is 7.69. The lowest BCUT2D eigenvalue weighted by Crippen LogP contribution is -1.80. The number of fused-ring (bicyclic) bond motifs is 1. The van der Waals surface area contributed by atoms with Gasteiger partial charge in [0.1, 0.15) is 0 Å². The molecule has 116 valence electrons. The van der Waals surface area contributed by atoms with Gasteiger partial charge in [-0.2, -0.15) is 0 Å². The second-order valence-corrected chi connectivity index (χ2v) is 9.90. The molecule has 0 spiro atoms. The van der Waals surface area contributed by atoms with Crippen LogP contribution < -0.4 is 0 Å². The molecule has 0 unspecified atom stereocenters. The Morgan fingerprint density at radius 2 is 1.91 bits per heavy atom. The predicted octanol–water partition coefficient (Wildman–Crippen LogP) is 8.08. The first kappa shape index (κ1) is 16.4. The fourth-order valence-corrected chi connectivity index (χ4v) is 6.00. The molecule has 0 aliphatic heterocycles. The largest absolute Gasteiger partial charge is 0.139 e. The molecule has 4 heteroatoms. The predicted molar refractivity (Wildman–Crippen MR) is 108 cm³/mol. The minimum absolute atomic E-state index is 1.21. The smallest absolute Gasteiger partial charge is 0.0770 e. The molecule has 0 aliphatic rings. The molecule has 0 amide bonds. The number of hydrogen-bond donors (Lipinski definition) is 0. The van der Waals surface area contributed by atoms with E-state index in [-0.39, 0.29) is 0 Å². The van der Waals surface area contributed by atoms with Crippen molar-refractivity contribution in [1.29, 1.82) is 0 Å². The van der Waals surface area contributed by atoms with Crippen molar-refractivity contribution >= 4 is 71.5 Å². The third-order valence-corrected chi connectivity index (χ3v) is 7.68. The summed E-state index contributed by atoms with van der Waals surface area (Å²) < 4.78 is 4.09. The maximum atomic E-state index is 3.58. The Bertz CT molecular complexity index is 729. The van der Waals surface area contributed by atoms with Gasteiger partial charge in [0.15, 0.2) is 0 Å². The highest BCUT2D eigenvalue weighted by atomic mass is 79.9. The van der Waals surface area contributed by atoms with Crippen molar-refractivity contribution in [3.8, 4) is 0 Å². The SMILES string of the molecule is CCCCCCc1cc2sc(/C=C/c3ccsc3Br)cc2s1. The van der Waals surface area contributed by atoms with Crippen LogP contribution >= 0.6 is 49.9 Å². The van der Waals surface area contributed by atoms with Crippen molar-refractivity contribution < 1.29 is 0 Å². The zero-order chi connectivity index (χ0) is 15.4. The highest BCUT2D eigenvalue weighted by molar-refractivity contribution is 9.11. The normalized spacial score (nSPS) is 11.9. The Labute approximate surface area is 152 Å². The molecule has 3 aromatic heterocycles. The molecular formula is C18H19BrS3. The Balaban J connectivity index is 1.65. The van der Waals surface area contributed by atoms with Crippen LogP contribution in [0.1, 0.15) is 47.9 Å². The number of halogens is 1. The Morgan fingerprint density at radius 1 is 1.05 bits per heavy atom. The molecule has 0 fully saturated rings. The summed E-state index contributed by atoms with van der Waals surface area (Å²) in [5.41, 5.74) is 1.26. The summed E-state index contributed by atoms with van der Waals surface area (Å²) in [6, 6.07) is 6.88. The molecule has 0 nitrogen and oxygen atoms in total. The van der Waals surface area contributed by atoms with Crippen molar-refractivity contribution in [3.63, 3.8) is 0 Å². The van der Waals surface area contributed by atoms with Crippen molar-refractivity contribution in [2.45, 2.75) is 39.0 Å². The van der Waals surface area contributed by atoms with Gasteiger partial charge in [-0.15, -0.1) is 34.0 Å². The molecule has 0 saturated heterocycles. The lowest BCUT2D eigenvalue weighted by molar-refractivity contribution is 0.670. The first-order valence-corrected chi connectivity index (χ1v) is 11.0. The quantitative estimate of drug-likeness (QED) is 0.345. The molecule has 0 saturated carbocycles. The number of aryl methyl sites for hydroxylation is 1. The van der Waals surface area contributed by atoms with Crippen molar-refractivity contribution in [2.75, 3.05) is 0 Å². The number of unbranched alkanes of at least 4 members (excludes halogenated alkanes) is 3. The molecule has 22 heavy (non-hydrogen) atoms. The van der Waals surface area contributed by atoms with Gasteiger partial charge in [-0.05, 0) is 64.0 Å². The lowest BCUT2D eigenvalue weighted by atomic mass is 10.1. The molecule has 0 radical (unpaired) electrons. The van der Waals surface area contributed by atoms with E-state index in [1.54, 1.807) is 16.2 Å². The van der Waals surface area contributed by atoms with Crippen LogP contribution in [0.2, 0.25) is 0 Å². The van der Waals surface area contributed by atoms with E-state index in [2.05, 4.69) is 58.6 Å². The highest BCUT2D eigenvalue weighted by Gasteiger charge is 2.06. The van der Waals surface area contributed by atoms with Crippen LogP contribution in [-0.4, -0.2) is 0 Å². The summed E-state index contributed by atoms with van der Waals surface area (Å²) in [5.74, 6) is 0. The average molecular weight is 411 g/mol. The van der Waals surface area contributed by atoms with Crippen LogP contribution in [0.15, 0.2) is 27.4 Å². The van der Waals surface area contributed by atoms with Gasteiger partial charge in [-0.3, -0.25) is 0 Å². The molecule has 3 aromatic rings. The Kier molecular flexibility index (Phi) is 5.91. The van der Waals surface area contributed by atoms with Gasteiger partial charge in [0.2, 0.25) is 0 Å². The molecule has 0 N–H and O–H groups in total. The first-order chi connectivity index (χ1) is 10.8. The highest BCUT2D eigenvalue weighted by Crippen LogP contribution is 2.35. The van der Waals surface area contributed by atoms with Crippen molar-refractivity contribution in [3.05, 3.63) is 42.7 Å².